The summed E-state index contributed by atoms with van der Waals surface area (Å²) in [4.78, 5) is 24.2. The summed E-state index contributed by atoms with van der Waals surface area (Å²) in [6.45, 7) is 5.20. The number of likely N-dealkylation sites (tertiary alicyclic amines) is 1. The minimum atomic E-state index is -0.213. The Morgan fingerprint density at radius 2 is 2.07 bits per heavy atom. The zero-order valence-electron chi connectivity index (χ0n) is 9.53. The van der Waals surface area contributed by atoms with E-state index in [-0.39, 0.29) is 17.6 Å². The fourth-order valence-electron chi connectivity index (χ4n) is 2.02. The van der Waals surface area contributed by atoms with Crippen LogP contribution >= 0.6 is 0 Å². The molecule has 15 heavy (non-hydrogen) atoms. The van der Waals surface area contributed by atoms with Gasteiger partial charge in [-0.15, -0.1) is 0 Å². The maximum atomic E-state index is 11.1. The molecule has 1 saturated heterocycles. The van der Waals surface area contributed by atoms with E-state index in [0.717, 1.165) is 19.4 Å². The minimum Gasteiger partial charge on any atom is -0.369 e. The third-order valence-electron chi connectivity index (χ3n) is 3.16. The highest BCUT2D eigenvalue weighted by Gasteiger charge is 2.28. The topological polar surface area (TPSA) is 63.4 Å². The summed E-state index contributed by atoms with van der Waals surface area (Å²) in [6.07, 6.45) is 2.44. The maximum Gasteiger partial charge on any atom is 0.221 e. The van der Waals surface area contributed by atoms with Gasteiger partial charge in [-0.2, -0.15) is 0 Å². The highest BCUT2D eigenvalue weighted by molar-refractivity contribution is 5.77. The maximum absolute atomic E-state index is 11.1. The Balaban J connectivity index is 2.46. The van der Waals surface area contributed by atoms with Crippen molar-refractivity contribution in [2.24, 2.45) is 11.7 Å². The number of carbonyl (C=O) groups is 2. The van der Waals surface area contributed by atoms with Crippen LogP contribution in [0.25, 0.3) is 0 Å². The molecule has 0 spiro atoms. The summed E-state index contributed by atoms with van der Waals surface area (Å²) >= 11 is 0. The average Bonchev–Trinajstić information content (AvgIpc) is 2.16. The molecule has 1 aliphatic rings. The van der Waals surface area contributed by atoms with Crippen molar-refractivity contribution in [1.29, 1.82) is 0 Å². The first-order chi connectivity index (χ1) is 7.00. The Bertz CT molecular complexity index is 253. The molecule has 4 nitrogen and oxygen atoms in total. The highest BCUT2D eigenvalue weighted by Crippen LogP contribution is 2.21. The molecule has 86 valence electrons. The van der Waals surface area contributed by atoms with E-state index in [9.17, 15) is 9.59 Å². The first-order valence-corrected chi connectivity index (χ1v) is 5.53. The van der Waals surface area contributed by atoms with Crippen LogP contribution in [0.5, 0.6) is 0 Å². The van der Waals surface area contributed by atoms with Gasteiger partial charge in [-0.05, 0) is 26.7 Å². The number of amides is 1. The molecule has 2 unspecified atom stereocenters. The SMILES string of the molecule is CC(=O)CCN1CC(C(N)=O)CCC1C. The normalized spacial score (nSPS) is 27.6. The number of carbonyl (C=O) groups excluding carboxylic acids is 2. The van der Waals surface area contributed by atoms with E-state index in [0.29, 0.717) is 19.0 Å². The van der Waals surface area contributed by atoms with Crippen LogP contribution in [0.2, 0.25) is 0 Å². The predicted octanol–water partition coefficient (Wildman–Crippen LogP) is 0.551. The van der Waals surface area contributed by atoms with Gasteiger partial charge in [0.05, 0.1) is 5.92 Å². The van der Waals surface area contributed by atoms with Crippen molar-refractivity contribution in [3.8, 4) is 0 Å². The number of hydrogen-bond donors (Lipinski definition) is 1. The molecule has 0 aromatic carbocycles. The van der Waals surface area contributed by atoms with Crippen molar-refractivity contribution in [2.75, 3.05) is 13.1 Å². The minimum absolute atomic E-state index is 0.0341. The average molecular weight is 212 g/mol. The van der Waals surface area contributed by atoms with Crippen LogP contribution in [0, 0.1) is 5.92 Å². The van der Waals surface area contributed by atoms with Crippen LogP contribution in [0.4, 0.5) is 0 Å². The number of primary amides is 1. The van der Waals surface area contributed by atoms with Gasteiger partial charge in [0, 0.05) is 25.6 Å². The molecular weight excluding hydrogens is 192 g/mol. The lowest BCUT2D eigenvalue weighted by Crippen LogP contribution is -2.46. The summed E-state index contributed by atoms with van der Waals surface area (Å²) in [5, 5.41) is 0. The van der Waals surface area contributed by atoms with Crippen molar-refractivity contribution < 1.29 is 9.59 Å². The highest BCUT2D eigenvalue weighted by atomic mass is 16.1. The van der Waals surface area contributed by atoms with E-state index in [2.05, 4.69) is 11.8 Å². The number of piperidine rings is 1. The lowest BCUT2D eigenvalue weighted by molar-refractivity contribution is -0.124. The smallest absolute Gasteiger partial charge is 0.221 e. The summed E-state index contributed by atoms with van der Waals surface area (Å²) < 4.78 is 0. The van der Waals surface area contributed by atoms with Gasteiger partial charge in [-0.1, -0.05) is 0 Å². The lowest BCUT2D eigenvalue weighted by atomic mass is 9.93. The molecule has 1 heterocycles. The molecule has 0 radical (unpaired) electrons. The molecule has 2 N–H and O–H groups in total. The first kappa shape index (κ1) is 12.2. The number of hydrogen-bond acceptors (Lipinski definition) is 3. The Morgan fingerprint density at radius 1 is 1.40 bits per heavy atom. The first-order valence-electron chi connectivity index (χ1n) is 5.53. The van der Waals surface area contributed by atoms with E-state index >= 15 is 0 Å². The fourth-order valence-corrected chi connectivity index (χ4v) is 2.02. The summed E-state index contributed by atoms with van der Waals surface area (Å²) in [6, 6.07) is 0.458. The predicted molar refractivity (Wildman–Crippen MR) is 58.3 cm³/mol. The monoisotopic (exact) mass is 212 g/mol. The van der Waals surface area contributed by atoms with Gasteiger partial charge in [0.15, 0.2) is 0 Å². The number of Topliss-reactive ketones (excluding diaryl/α,β-unsaturated/α-hetero) is 1. The Morgan fingerprint density at radius 3 is 2.60 bits per heavy atom. The van der Waals surface area contributed by atoms with Gasteiger partial charge >= 0.3 is 0 Å². The lowest BCUT2D eigenvalue weighted by Gasteiger charge is -2.36. The van der Waals surface area contributed by atoms with Crippen molar-refractivity contribution in [1.82, 2.24) is 4.90 Å². The fraction of sp³-hybridized carbons (Fsp3) is 0.818. The van der Waals surface area contributed by atoms with Gasteiger partial charge in [0.25, 0.3) is 0 Å². The molecule has 0 aliphatic carbocycles. The standard InChI is InChI=1S/C11H20N2O2/c1-8-3-4-10(11(12)15)7-13(8)6-5-9(2)14/h8,10H,3-7H2,1-2H3,(H2,12,15). The number of nitrogens with two attached hydrogens (primary N) is 1. The number of nitrogens with zero attached hydrogens (tertiary/aromatic N) is 1. The van der Waals surface area contributed by atoms with Crippen molar-refractivity contribution in [3.63, 3.8) is 0 Å². The van der Waals surface area contributed by atoms with Crippen LogP contribution in [0.15, 0.2) is 0 Å². The third-order valence-corrected chi connectivity index (χ3v) is 3.16. The largest absolute Gasteiger partial charge is 0.369 e. The zero-order valence-corrected chi connectivity index (χ0v) is 9.53. The Kier molecular flexibility index (Phi) is 4.27. The second-order valence-electron chi connectivity index (χ2n) is 4.47. The summed E-state index contributed by atoms with van der Waals surface area (Å²) in [5.74, 6) is -0.0497. The quantitative estimate of drug-likeness (QED) is 0.740. The van der Waals surface area contributed by atoms with Crippen LogP contribution in [0.1, 0.15) is 33.1 Å². The van der Waals surface area contributed by atoms with Gasteiger partial charge < -0.3 is 5.73 Å². The molecule has 0 aromatic heterocycles. The van der Waals surface area contributed by atoms with E-state index < -0.39 is 0 Å². The van der Waals surface area contributed by atoms with E-state index in [1.54, 1.807) is 6.92 Å². The van der Waals surface area contributed by atoms with Gasteiger partial charge in [-0.25, -0.2) is 0 Å². The van der Waals surface area contributed by atoms with E-state index in [1.165, 1.54) is 0 Å². The van der Waals surface area contributed by atoms with Crippen molar-refractivity contribution in [2.45, 2.75) is 39.2 Å². The Hall–Kier alpha value is -0.900. The second kappa shape index (κ2) is 5.26. The van der Waals surface area contributed by atoms with Gasteiger partial charge in [0.1, 0.15) is 5.78 Å². The zero-order chi connectivity index (χ0) is 11.4. The Labute approximate surface area is 90.8 Å². The van der Waals surface area contributed by atoms with E-state index in [1.807, 2.05) is 0 Å². The molecule has 1 aliphatic heterocycles. The molecule has 0 saturated carbocycles. The van der Waals surface area contributed by atoms with Crippen LogP contribution in [-0.2, 0) is 9.59 Å². The molecule has 1 rings (SSSR count). The van der Waals surface area contributed by atoms with Crippen molar-refractivity contribution in [3.05, 3.63) is 0 Å². The second-order valence-corrected chi connectivity index (χ2v) is 4.47. The molecular formula is C11H20N2O2. The molecule has 1 amide bonds. The molecule has 1 fully saturated rings. The van der Waals surface area contributed by atoms with Gasteiger partial charge in [-0.3, -0.25) is 14.5 Å². The van der Waals surface area contributed by atoms with Crippen LogP contribution in [0.3, 0.4) is 0 Å². The van der Waals surface area contributed by atoms with Crippen LogP contribution < -0.4 is 5.73 Å². The molecule has 0 bridgehead atoms. The summed E-state index contributed by atoms with van der Waals surface area (Å²) in [5.41, 5.74) is 5.30. The third kappa shape index (κ3) is 3.63. The number of ketones is 1. The van der Waals surface area contributed by atoms with E-state index in [4.69, 9.17) is 5.73 Å². The summed E-state index contributed by atoms with van der Waals surface area (Å²) in [7, 11) is 0. The van der Waals surface area contributed by atoms with Crippen molar-refractivity contribution >= 4 is 11.7 Å². The number of rotatable bonds is 4. The van der Waals surface area contributed by atoms with Gasteiger partial charge in [0.2, 0.25) is 5.91 Å². The molecule has 4 heteroatoms. The molecule has 2 atom stereocenters. The molecule has 0 aromatic rings. The van der Waals surface area contributed by atoms with Crippen LogP contribution in [-0.4, -0.2) is 35.7 Å².